The summed E-state index contributed by atoms with van der Waals surface area (Å²) < 4.78 is 5.32. The Morgan fingerprint density at radius 2 is 1.64 bits per heavy atom. The predicted octanol–water partition coefficient (Wildman–Crippen LogP) is 0.410. The first-order chi connectivity index (χ1) is 12.1. The molecule has 2 heterocycles. The Balaban J connectivity index is 1.48. The van der Waals surface area contributed by atoms with Gasteiger partial charge in [0, 0.05) is 58.4 Å². The topological polar surface area (TPSA) is 82.3 Å². The minimum Gasteiger partial charge on any atom is -0.390 e. The van der Waals surface area contributed by atoms with Gasteiger partial charge in [-0.25, -0.2) is 0 Å². The summed E-state index contributed by atoms with van der Waals surface area (Å²) in [6, 6.07) is 6.88. The van der Waals surface area contributed by atoms with Gasteiger partial charge < -0.3 is 14.7 Å². The van der Waals surface area contributed by atoms with Gasteiger partial charge in [0.2, 0.25) is 0 Å². The van der Waals surface area contributed by atoms with Gasteiger partial charge in [0.25, 0.3) is 5.69 Å². The lowest BCUT2D eigenvalue weighted by Crippen LogP contribution is -2.51. The van der Waals surface area contributed by atoms with E-state index in [4.69, 9.17) is 4.74 Å². The van der Waals surface area contributed by atoms with Crippen LogP contribution >= 0.6 is 0 Å². The third kappa shape index (κ3) is 4.88. The van der Waals surface area contributed by atoms with Gasteiger partial charge in [-0.2, -0.15) is 0 Å². The lowest BCUT2D eigenvalue weighted by Gasteiger charge is -2.37. The van der Waals surface area contributed by atoms with Crippen LogP contribution in [0.25, 0.3) is 0 Å². The standard InChI is InChI=1S/C17H26N4O4/c22-15(14-19-9-11-25-12-10-19)13-18-5-7-20(8-6-18)16-3-1-2-4-17(16)21(23)24/h1-4,15,22H,5-14H2/t15-/m1/s1. The molecule has 0 spiro atoms. The normalized spacial score (nSPS) is 21.2. The zero-order valence-electron chi connectivity index (χ0n) is 14.4. The van der Waals surface area contributed by atoms with Gasteiger partial charge in [0.05, 0.1) is 24.2 Å². The maximum absolute atomic E-state index is 11.2. The van der Waals surface area contributed by atoms with Crippen molar-refractivity contribution in [2.75, 3.05) is 70.5 Å². The number of hydrogen-bond donors (Lipinski definition) is 1. The van der Waals surface area contributed by atoms with Crippen LogP contribution in [0, 0.1) is 10.1 Å². The van der Waals surface area contributed by atoms with E-state index in [9.17, 15) is 15.2 Å². The molecule has 8 nitrogen and oxygen atoms in total. The van der Waals surface area contributed by atoms with Crippen molar-refractivity contribution in [1.29, 1.82) is 0 Å². The maximum atomic E-state index is 11.2. The summed E-state index contributed by atoms with van der Waals surface area (Å²) in [7, 11) is 0. The number of rotatable bonds is 6. The number of aliphatic hydroxyl groups excluding tert-OH is 1. The first kappa shape index (κ1) is 18.1. The van der Waals surface area contributed by atoms with E-state index < -0.39 is 0 Å². The van der Waals surface area contributed by atoms with Gasteiger partial charge in [0.1, 0.15) is 5.69 Å². The van der Waals surface area contributed by atoms with Crippen molar-refractivity contribution in [2.45, 2.75) is 6.10 Å². The molecule has 0 radical (unpaired) electrons. The summed E-state index contributed by atoms with van der Waals surface area (Å²) in [5.41, 5.74) is 0.837. The number of nitro benzene ring substituents is 1. The summed E-state index contributed by atoms with van der Waals surface area (Å²) in [5.74, 6) is 0. The molecule has 138 valence electrons. The van der Waals surface area contributed by atoms with E-state index in [0.29, 0.717) is 18.8 Å². The van der Waals surface area contributed by atoms with Gasteiger partial charge in [-0.15, -0.1) is 0 Å². The van der Waals surface area contributed by atoms with E-state index in [1.54, 1.807) is 18.2 Å². The Morgan fingerprint density at radius 1 is 1.04 bits per heavy atom. The largest absolute Gasteiger partial charge is 0.390 e. The van der Waals surface area contributed by atoms with Crippen LogP contribution in [0.2, 0.25) is 0 Å². The number of β-amino-alcohol motifs (C(OH)–C–C–N with tert-alkyl or cyclic N) is 1. The zero-order valence-corrected chi connectivity index (χ0v) is 14.4. The highest BCUT2D eigenvalue weighted by Crippen LogP contribution is 2.28. The number of piperazine rings is 1. The fourth-order valence-corrected chi connectivity index (χ4v) is 3.49. The monoisotopic (exact) mass is 350 g/mol. The fourth-order valence-electron chi connectivity index (χ4n) is 3.49. The van der Waals surface area contributed by atoms with E-state index in [-0.39, 0.29) is 16.7 Å². The predicted molar refractivity (Wildman–Crippen MR) is 95.0 cm³/mol. The molecule has 2 aliphatic heterocycles. The Morgan fingerprint density at radius 3 is 2.28 bits per heavy atom. The van der Waals surface area contributed by atoms with Gasteiger partial charge in [-0.3, -0.25) is 19.9 Å². The first-order valence-corrected chi connectivity index (χ1v) is 8.82. The number of aliphatic hydroxyl groups is 1. The highest BCUT2D eigenvalue weighted by atomic mass is 16.6. The van der Waals surface area contributed by atoms with E-state index >= 15 is 0 Å². The third-order valence-electron chi connectivity index (χ3n) is 4.83. The smallest absolute Gasteiger partial charge is 0.292 e. The van der Waals surface area contributed by atoms with Crippen LogP contribution in [-0.4, -0.2) is 91.5 Å². The van der Waals surface area contributed by atoms with E-state index in [2.05, 4.69) is 14.7 Å². The second kappa shape index (κ2) is 8.57. The summed E-state index contributed by atoms with van der Waals surface area (Å²) in [5, 5.41) is 21.5. The maximum Gasteiger partial charge on any atom is 0.292 e. The second-order valence-electron chi connectivity index (χ2n) is 6.60. The molecule has 2 saturated heterocycles. The molecular formula is C17H26N4O4. The average molecular weight is 350 g/mol. The Bertz CT molecular complexity index is 572. The Kier molecular flexibility index (Phi) is 6.19. The van der Waals surface area contributed by atoms with Crippen LogP contribution in [0.4, 0.5) is 11.4 Å². The summed E-state index contributed by atoms with van der Waals surface area (Å²) in [6.45, 7) is 7.60. The van der Waals surface area contributed by atoms with E-state index in [1.165, 1.54) is 0 Å². The van der Waals surface area contributed by atoms with Gasteiger partial charge in [-0.05, 0) is 6.07 Å². The summed E-state index contributed by atoms with van der Waals surface area (Å²) in [4.78, 5) is 17.4. The molecular weight excluding hydrogens is 324 g/mol. The zero-order chi connectivity index (χ0) is 17.6. The van der Waals surface area contributed by atoms with Crippen LogP contribution in [0.5, 0.6) is 0 Å². The number of benzene rings is 1. The van der Waals surface area contributed by atoms with Crippen LogP contribution in [-0.2, 0) is 4.74 Å². The number of ether oxygens (including phenoxy) is 1. The van der Waals surface area contributed by atoms with Gasteiger partial charge in [-0.1, -0.05) is 12.1 Å². The Hall–Kier alpha value is -1.74. The third-order valence-corrected chi connectivity index (χ3v) is 4.83. The first-order valence-electron chi connectivity index (χ1n) is 8.82. The number of anilines is 1. The SMILES string of the molecule is O=[N+]([O-])c1ccccc1N1CCN(C[C@@H](O)CN2CCOCC2)CC1. The van der Waals surface area contributed by atoms with E-state index in [0.717, 1.165) is 52.5 Å². The summed E-state index contributed by atoms with van der Waals surface area (Å²) >= 11 is 0. The van der Waals surface area contributed by atoms with Crippen LogP contribution in [0.1, 0.15) is 0 Å². The van der Waals surface area contributed by atoms with Crippen molar-refractivity contribution in [1.82, 2.24) is 9.80 Å². The molecule has 1 aromatic carbocycles. The Labute approximate surface area is 147 Å². The van der Waals surface area contributed by atoms with E-state index in [1.807, 2.05) is 6.07 Å². The number of nitro groups is 1. The second-order valence-corrected chi connectivity index (χ2v) is 6.60. The molecule has 0 amide bonds. The van der Waals surface area contributed by atoms with Crippen molar-refractivity contribution >= 4 is 11.4 Å². The van der Waals surface area contributed by atoms with Gasteiger partial charge in [0.15, 0.2) is 0 Å². The van der Waals surface area contributed by atoms with Crippen molar-refractivity contribution in [2.24, 2.45) is 0 Å². The van der Waals surface area contributed by atoms with Crippen LogP contribution in [0.3, 0.4) is 0 Å². The molecule has 0 saturated carbocycles. The quantitative estimate of drug-likeness (QED) is 0.588. The van der Waals surface area contributed by atoms with Crippen molar-refractivity contribution in [3.05, 3.63) is 34.4 Å². The minimum absolute atomic E-state index is 0.156. The molecule has 1 aromatic rings. The number of morpholine rings is 1. The molecule has 2 fully saturated rings. The molecule has 2 aliphatic rings. The highest BCUT2D eigenvalue weighted by Gasteiger charge is 2.25. The molecule has 0 unspecified atom stereocenters. The minimum atomic E-state index is -0.379. The molecule has 25 heavy (non-hydrogen) atoms. The van der Waals surface area contributed by atoms with Crippen molar-refractivity contribution in [3.8, 4) is 0 Å². The number of para-hydroxylation sites is 2. The molecule has 1 N–H and O–H groups in total. The number of hydrogen-bond acceptors (Lipinski definition) is 7. The van der Waals surface area contributed by atoms with Gasteiger partial charge >= 0.3 is 0 Å². The molecule has 0 aliphatic carbocycles. The highest BCUT2D eigenvalue weighted by molar-refractivity contribution is 5.63. The average Bonchev–Trinajstić information content (AvgIpc) is 2.63. The van der Waals surface area contributed by atoms with Crippen LogP contribution in [0.15, 0.2) is 24.3 Å². The molecule has 3 rings (SSSR count). The lowest BCUT2D eigenvalue weighted by atomic mass is 10.2. The van der Waals surface area contributed by atoms with Crippen molar-refractivity contribution < 1.29 is 14.8 Å². The lowest BCUT2D eigenvalue weighted by molar-refractivity contribution is -0.384. The molecule has 8 heteroatoms. The van der Waals surface area contributed by atoms with Crippen molar-refractivity contribution in [3.63, 3.8) is 0 Å². The molecule has 1 atom stereocenters. The molecule has 0 bridgehead atoms. The fraction of sp³-hybridized carbons (Fsp3) is 0.647. The van der Waals surface area contributed by atoms with Crippen LogP contribution < -0.4 is 4.90 Å². The molecule has 0 aromatic heterocycles. The number of nitrogens with zero attached hydrogens (tertiary/aromatic N) is 4. The summed E-state index contributed by atoms with van der Waals surface area (Å²) in [6.07, 6.45) is -0.379.